The standard InChI is InChI=1S/C10H17ClN2S/c1-8(4-5-12)6-13-7-9-2-3-10(11)14-9/h2-3,8,13H,4-7,12H2,1H3. The van der Waals surface area contributed by atoms with E-state index in [0.29, 0.717) is 5.92 Å². The molecule has 2 nitrogen and oxygen atoms in total. The first-order chi connectivity index (χ1) is 6.72. The Morgan fingerprint density at radius 3 is 2.93 bits per heavy atom. The molecular formula is C10H17ClN2S. The molecule has 0 amide bonds. The van der Waals surface area contributed by atoms with Gasteiger partial charge in [-0.25, -0.2) is 0 Å². The van der Waals surface area contributed by atoms with Crippen LogP contribution in [0.2, 0.25) is 4.34 Å². The van der Waals surface area contributed by atoms with Crippen LogP contribution in [0.1, 0.15) is 18.2 Å². The summed E-state index contributed by atoms with van der Waals surface area (Å²) in [5, 5.41) is 3.40. The highest BCUT2D eigenvalue weighted by Gasteiger charge is 2.01. The minimum Gasteiger partial charge on any atom is -0.330 e. The summed E-state index contributed by atoms with van der Waals surface area (Å²) in [6, 6.07) is 4.00. The second kappa shape index (κ2) is 6.40. The first-order valence-corrected chi connectivity index (χ1v) is 6.07. The number of hydrogen-bond donors (Lipinski definition) is 2. The summed E-state index contributed by atoms with van der Waals surface area (Å²) in [6.45, 7) is 4.91. The molecule has 0 radical (unpaired) electrons. The van der Waals surface area contributed by atoms with Gasteiger partial charge in [-0.1, -0.05) is 18.5 Å². The van der Waals surface area contributed by atoms with E-state index in [4.69, 9.17) is 17.3 Å². The van der Waals surface area contributed by atoms with Gasteiger partial charge < -0.3 is 11.1 Å². The van der Waals surface area contributed by atoms with Gasteiger partial charge in [-0.05, 0) is 37.6 Å². The molecule has 4 heteroatoms. The van der Waals surface area contributed by atoms with E-state index < -0.39 is 0 Å². The Balaban J connectivity index is 2.15. The minimum absolute atomic E-state index is 0.649. The Morgan fingerprint density at radius 2 is 2.36 bits per heavy atom. The maximum absolute atomic E-state index is 5.83. The molecule has 1 atom stereocenters. The molecule has 0 bridgehead atoms. The number of rotatable bonds is 6. The number of hydrogen-bond acceptors (Lipinski definition) is 3. The van der Waals surface area contributed by atoms with Gasteiger partial charge in [0.15, 0.2) is 0 Å². The van der Waals surface area contributed by atoms with Crippen LogP contribution < -0.4 is 11.1 Å². The maximum atomic E-state index is 5.83. The van der Waals surface area contributed by atoms with Crippen molar-refractivity contribution in [3.05, 3.63) is 21.3 Å². The minimum atomic E-state index is 0.649. The van der Waals surface area contributed by atoms with Crippen LogP contribution >= 0.6 is 22.9 Å². The van der Waals surface area contributed by atoms with Crippen molar-refractivity contribution in [2.24, 2.45) is 11.7 Å². The second-order valence-electron chi connectivity index (χ2n) is 3.52. The van der Waals surface area contributed by atoms with Gasteiger partial charge in [0.05, 0.1) is 4.34 Å². The zero-order valence-electron chi connectivity index (χ0n) is 8.42. The van der Waals surface area contributed by atoms with Crippen molar-refractivity contribution in [2.75, 3.05) is 13.1 Å². The molecule has 1 heterocycles. The zero-order valence-corrected chi connectivity index (χ0v) is 10.00. The highest BCUT2D eigenvalue weighted by Crippen LogP contribution is 2.20. The van der Waals surface area contributed by atoms with Gasteiger partial charge in [0.1, 0.15) is 0 Å². The fraction of sp³-hybridized carbons (Fsp3) is 0.600. The van der Waals surface area contributed by atoms with E-state index in [1.165, 1.54) is 4.88 Å². The molecule has 0 aliphatic heterocycles. The van der Waals surface area contributed by atoms with E-state index in [9.17, 15) is 0 Å². The van der Waals surface area contributed by atoms with Gasteiger partial charge >= 0.3 is 0 Å². The van der Waals surface area contributed by atoms with Gasteiger partial charge in [-0.3, -0.25) is 0 Å². The van der Waals surface area contributed by atoms with Crippen LogP contribution in [0.25, 0.3) is 0 Å². The van der Waals surface area contributed by atoms with E-state index >= 15 is 0 Å². The fourth-order valence-electron chi connectivity index (χ4n) is 1.28. The smallest absolute Gasteiger partial charge is 0.0931 e. The third kappa shape index (κ3) is 4.42. The Labute approximate surface area is 94.5 Å². The Kier molecular flexibility index (Phi) is 5.48. The molecule has 1 aromatic heterocycles. The molecule has 0 fully saturated rings. The normalized spacial score (nSPS) is 13.1. The molecule has 0 spiro atoms. The molecule has 1 unspecified atom stereocenters. The van der Waals surface area contributed by atoms with Gasteiger partial charge in [0, 0.05) is 11.4 Å². The number of nitrogens with one attached hydrogen (secondary N) is 1. The summed E-state index contributed by atoms with van der Waals surface area (Å²) in [6.07, 6.45) is 1.08. The molecule has 3 N–H and O–H groups in total. The first-order valence-electron chi connectivity index (χ1n) is 4.87. The Morgan fingerprint density at radius 1 is 1.57 bits per heavy atom. The lowest BCUT2D eigenvalue weighted by Crippen LogP contribution is -2.22. The number of halogens is 1. The van der Waals surface area contributed by atoms with E-state index in [2.05, 4.69) is 18.3 Å². The van der Waals surface area contributed by atoms with Crippen LogP contribution in [-0.2, 0) is 6.54 Å². The van der Waals surface area contributed by atoms with Crippen molar-refractivity contribution < 1.29 is 0 Å². The van der Waals surface area contributed by atoms with E-state index in [1.54, 1.807) is 11.3 Å². The van der Waals surface area contributed by atoms with E-state index in [0.717, 1.165) is 30.4 Å². The topological polar surface area (TPSA) is 38.0 Å². The van der Waals surface area contributed by atoms with Crippen molar-refractivity contribution in [1.82, 2.24) is 5.32 Å². The third-order valence-corrected chi connectivity index (χ3v) is 3.31. The summed E-state index contributed by atoms with van der Waals surface area (Å²) >= 11 is 7.46. The monoisotopic (exact) mass is 232 g/mol. The SMILES string of the molecule is CC(CCN)CNCc1ccc(Cl)s1. The highest BCUT2D eigenvalue weighted by molar-refractivity contribution is 7.16. The average molecular weight is 233 g/mol. The van der Waals surface area contributed by atoms with Gasteiger partial charge in [-0.2, -0.15) is 0 Å². The van der Waals surface area contributed by atoms with Crippen LogP contribution in [0.5, 0.6) is 0 Å². The van der Waals surface area contributed by atoms with Gasteiger partial charge in [0.2, 0.25) is 0 Å². The maximum Gasteiger partial charge on any atom is 0.0931 e. The van der Waals surface area contributed by atoms with Crippen molar-refractivity contribution in [3.8, 4) is 0 Å². The van der Waals surface area contributed by atoms with Crippen LogP contribution in [0, 0.1) is 5.92 Å². The van der Waals surface area contributed by atoms with Crippen molar-refractivity contribution in [2.45, 2.75) is 19.9 Å². The predicted molar refractivity (Wildman–Crippen MR) is 63.9 cm³/mol. The summed E-state index contributed by atoms with van der Waals surface area (Å²) in [5.74, 6) is 0.649. The van der Waals surface area contributed by atoms with Crippen LogP contribution in [0.4, 0.5) is 0 Å². The number of nitrogens with two attached hydrogens (primary N) is 1. The lowest BCUT2D eigenvalue weighted by Gasteiger charge is -2.10. The molecule has 1 rings (SSSR count). The summed E-state index contributed by atoms with van der Waals surface area (Å²) in [5.41, 5.74) is 5.47. The molecule has 14 heavy (non-hydrogen) atoms. The van der Waals surface area contributed by atoms with Crippen molar-refractivity contribution in [3.63, 3.8) is 0 Å². The van der Waals surface area contributed by atoms with Crippen molar-refractivity contribution in [1.29, 1.82) is 0 Å². The Bertz CT molecular complexity index is 262. The fourth-order valence-corrected chi connectivity index (χ4v) is 2.33. The highest BCUT2D eigenvalue weighted by atomic mass is 35.5. The molecular weight excluding hydrogens is 216 g/mol. The lowest BCUT2D eigenvalue weighted by molar-refractivity contribution is 0.488. The molecule has 1 aromatic rings. The molecule has 0 aliphatic rings. The number of thiophene rings is 1. The van der Waals surface area contributed by atoms with Crippen molar-refractivity contribution >= 4 is 22.9 Å². The summed E-state index contributed by atoms with van der Waals surface area (Å²) < 4.78 is 0.858. The average Bonchev–Trinajstić information content (AvgIpc) is 2.52. The van der Waals surface area contributed by atoms with Gasteiger partial charge in [-0.15, -0.1) is 11.3 Å². The summed E-state index contributed by atoms with van der Waals surface area (Å²) in [4.78, 5) is 1.29. The van der Waals surface area contributed by atoms with Crippen LogP contribution in [0.3, 0.4) is 0 Å². The predicted octanol–water partition coefficient (Wildman–Crippen LogP) is 2.48. The molecule has 0 aromatic carbocycles. The second-order valence-corrected chi connectivity index (χ2v) is 5.32. The Hall–Kier alpha value is -0.0900. The first kappa shape index (κ1) is 12.0. The summed E-state index contributed by atoms with van der Waals surface area (Å²) in [7, 11) is 0. The van der Waals surface area contributed by atoms with Crippen LogP contribution in [-0.4, -0.2) is 13.1 Å². The molecule has 0 saturated carbocycles. The lowest BCUT2D eigenvalue weighted by atomic mass is 10.1. The van der Waals surface area contributed by atoms with Gasteiger partial charge in [0.25, 0.3) is 0 Å². The third-order valence-electron chi connectivity index (χ3n) is 2.08. The van der Waals surface area contributed by atoms with E-state index in [-0.39, 0.29) is 0 Å². The van der Waals surface area contributed by atoms with Crippen LogP contribution in [0.15, 0.2) is 12.1 Å². The molecule has 0 aliphatic carbocycles. The zero-order chi connectivity index (χ0) is 10.4. The van der Waals surface area contributed by atoms with E-state index in [1.807, 2.05) is 6.07 Å². The quantitative estimate of drug-likeness (QED) is 0.791. The molecule has 0 saturated heterocycles. The molecule has 80 valence electrons. The largest absolute Gasteiger partial charge is 0.330 e.